The summed E-state index contributed by atoms with van der Waals surface area (Å²) in [6.45, 7) is 0. The predicted molar refractivity (Wildman–Crippen MR) is 53.7 cm³/mol. The van der Waals surface area contributed by atoms with Crippen molar-refractivity contribution in [2.75, 3.05) is 5.32 Å². The van der Waals surface area contributed by atoms with Crippen LogP contribution in [0.1, 0.15) is 0 Å². The number of anilines is 2. The van der Waals surface area contributed by atoms with E-state index in [-0.39, 0.29) is 12.1 Å². The third-order valence-corrected chi connectivity index (χ3v) is 2.24. The summed E-state index contributed by atoms with van der Waals surface area (Å²) in [5, 5.41) is 1.54. The van der Waals surface area contributed by atoms with Gasteiger partial charge in [0.1, 0.15) is 5.69 Å². The van der Waals surface area contributed by atoms with Gasteiger partial charge in [-0.1, -0.05) is 0 Å². The Hall–Kier alpha value is -2.32. The summed E-state index contributed by atoms with van der Waals surface area (Å²) in [5.41, 5.74) is -1.42. The lowest BCUT2D eigenvalue weighted by molar-refractivity contribution is 0.457. The fourth-order valence-electron chi connectivity index (χ4n) is 1.33. The van der Waals surface area contributed by atoms with Crippen LogP contribution in [0, 0.1) is 40.9 Å². The Kier molecular flexibility index (Phi) is 3.51. The van der Waals surface area contributed by atoms with Crippen LogP contribution in [0.5, 0.6) is 0 Å². The van der Waals surface area contributed by atoms with E-state index in [1.165, 1.54) is 5.32 Å². The fraction of sp³-hybridized carbons (Fsp3) is 0. The van der Waals surface area contributed by atoms with Gasteiger partial charge in [0, 0.05) is 12.1 Å². The molecule has 0 aliphatic rings. The van der Waals surface area contributed by atoms with Crippen molar-refractivity contribution in [1.82, 2.24) is 4.98 Å². The summed E-state index contributed by atoms with van der Waals surface area (Å²) < 4.78 is 91.0. The molecule has 0 unspecified atom stereocenters. The molecule has 0 saturated carbocycles. The maximum atomic E-state index is 13.3. The molecule has 0 radical (unpaired) electrons. The number of pyridine rings is 1. The molecule has 1 aromatic heterocycles. The number of halogens is 7. The largest absolute Gasteiger partial charge is 0.333 e. The molecule has 0 saturated heterocycles. The molecule has 2 rings (SSSR count). The monoisotopic (exact) mass is 296 g/mol. The Balaban J connectivity index is 2.53. The van der Waals surface area contributed by atoms with Gasteiger partial charge < -0.3 is 5.32 Å². The van der Waals surface area contributed by atoms with Crippen molar-refractivity contribution >= 4 is 11.5 Å². The summed E-state index contributed by atoms with van der Waals surface area (Å²) in [5.74, 6) is -13.3. The maximum Gasteiger partial charge on any atom is 0.251 e. The molecule has 1 aromatic carbocycles. The highest BCUT2D eigenvalue weighted by molar-refractivity contribution is 5.58. The van der Waals surface area contributed by atoms with Gasteiger partial charge in [-0.25, -0.2) is 26.3 Å². The number of hydrogen-bond donors (Lipinski definition) is 1. The molecular formula is C11H3F7N2. The summed E-state index contributed by atoms with van der Waals surface area (Å²) in [7, 11) is 0. The zero-order chi connectivity index (χ0) is 15.0. The smallest absolute Gasteiger partial charge is 0.251 e. The number of aromatic nitrogens is 1. The molecule has 20 heavy (non-hydrogen) atoms. The number of nitrogens with one attached hydrogen (secondary N) is 1. The lowest BCUT2D eigenvalue weighted by Gasteiger charge is -2.10. The van der Waals surface area contributed by atoms with E-state index >= 15 is 0 Å². The van der Waals surface area contributed by atoms with Crippen LogP contribution in [-0.2, 0) is 0 Å². The van der Waals surface area contributed by atoms with E-state index < -0.39 is 52.4 Å². The molecule has 0 aliphatic carbocycles. The summed E-state index contributed by atoms with van der Waals surface area (Å²) in [6, 6.07) is -0.0129. The molecule has 0 spiro atoms. The SMILES string of the molecule is Fc1cc(F)c(Nc2c(F)c(F)cc(F)c2F)nc1F. The number of rotatable bonds is 2. The van der Waals surface area contributed by atoms with Crippen LogP contribution in [0.25, 0.3) is 0 Å². The Bertz CT molecular complexity index is 661. The minimum Gasteiger partial charge on any atom is -0.333 e. The van der Waals surface area contributed by atoms with Gasteiger partial charge >= 0.3 is 0 Å². The Morgan fingerprint density at radius 3 is 1.75 bits per heavy atom. The third kappa shape index (κ3) is 2.38. The molecule has 0 bridgehead atoms. The van der Waals surface area contributed by atoms with Crippen molar-refractivity contribution in [3.8, 4) is 0 Å². The topological polar surface area (TPSA) is 24.9 Å². The highest BCUT2D eigenvalue weighted by Gasteiger charge is 2.21. The van der Waals surface area contributed by atoms with E-state index in [2.05, 4.69) is 4.98 Å². The van der Waals surface area contributed by atoms with Crippen LogP contribution in [0.15, 0.2) is 12.1 Å². The van der Waals surface area contributed by atoms with E-state index in [1.54, 1.807) is 0 Å². The Labute approximate surface area is 106 Å². The number of nitrogens with zero attached hydrogens (tertiary/aromatic N) is 1. The average Bonchev–Trinajstić information content (AvgIpc) is 2.38. The van der Waals surface area contributed by atoms with Gasteiger partial charge in [-0.2, -0.15) is 9.37 Å². The first-order chi connectivity index (χ1) is 9.31. The van der Waals surface area contributed by atoms with Gasteiger partial charge in [-0.15, -0.1) is 0 Å². The van der Waals surface area contributed by atoms with Gasteiger partial charge in [0.2, 0.25) is 0 Å². The normalized spacial score (nSPS) is 10.8. The fourth-order valence-corrected chi connectivity index (χ4v) is 1.33. The molecule has 0 amide bonds. The molecule has 0 atom stereocenters. The second kappa shape index (κ2) is 4.99. The molecule has 1 heterocycles. The van der Waals surface area contributed by atoms with Gasteiger partial charge in [0.15, 0.2) is 40.7 Å². The van der Waals surface area contributed by atoms with Crippen molar-refractivity contribution in [3.05, 3.63) is 53.0 Å². The summed E-state index contributed by atoms with van der Waals surface area (Å²) in [4.78, 5) is 2.70. The molecule has 0 fully saturated rings. The van der Waals surface area contributed by atoms with Gasteiger partial charge in [-0.05, 0) is 0 Å². The number of benzene rings is 1. The van der Waals surface area contributed by atoms with Crippen LogP contribution in [0.2, 0.25) is 0 Å². The Morgan fingerprint density at radius 2 is 1.20 bits per heavy atom. The minimum absolute atomic E-state index is 0.0517. The zero-order valence-electron chi connectivity index (χ0n) is 9.25. The quantitative estimate of drug-likeness (QED) is 0.518. The van der Waals surface area contributed by atoms with Crippen molar-refractivity contribution in [1.29, 1.82) is 0 Å². The van der Waals surface area contributed by atoms with Crippen LogP contribution in [-0.4, -0.2) is 4.98 Å². The summed E-state index contributed by atoms with van der Waals surface area (Å²) >= 11 is 0. The van der Waals surface area contributed by atoms with Crippen molar-refractivity contribution in [2.24, 2.45) is 0 Å². The second-order valence-corrected chi connectivity index (χ2v) is 3.56. The summed E-state index contributed by atoms with van der Waals surface area (Å²) in [6.07, 6.45) is 0. The lowest BCUT2D eigenvalue weighted by Crippen LogP contribution is -2.07. The number of hydrogen-bond acceptors (Lipinski definition) is 2. The van der Waals surface area contributed by atoms with Crippen LogP contribution >= 0.6 is 0 Å². The first-order valence-electron chi connectivity index (χ1n) is 4.92. The van der Waals surface area contributed by atoms with Crippen LogP contribution in [0.4, 0.5) is 42.2 Å². The first kappa shape index (κ1) is 14.1. The van der Waals surface area contributed by atoms with Gasteiger partial charge in [0.05, 0.1) is 0 Å². The Morgan fingerprint density at radius 1 is 0.700 bits per heavy atom. The van der Waals surface area contributed by atoms with E-state index in [0.717, 1.165) is 0 Å². The zero-order valence-corrected chi connectivity index (χ0v) is 9.25. The predicted octanol–water partition coefficient (Wildman–Crippen LogP) is 3.80. The van der Waals surface area contributed by atoms with Gasteiger partial charge in [-0.3, -0.25) is 0 Å². The standard InChI is InChI=1S/C11H3F7N2/c12-3-1-4(13)8(17)9(7(3)16)19-11-6(15)2-5(14)10(18)20-11/h1-2H,(H,19,20). The minimum atomic E-state index is -1.87. The van der Waals surface area contributed by atoms with Gasteiger partial charge in [0.25, 0.3) is 5.95 Å². The van der Waals surface area contributed by atoms with Crippen LogP contribution in [0.3, 0.4) is 0 Å². The highest BCUT2D eigenvalue weighted by Crippen LogP contribution is 2.28. The molecule has 1 N–H and O–H groups in total. The van der Waals surface area contributed by atoms with Crippen molar-refractivity contribution in [3.63, 3.8) is 0 Å². The molecule has 2 aromatic rings. The molecule has 9 heteroatoms. The molecule has 0 aliphatic heterocycles. The molecular weight excluding hydrogens is 293 g/mol. The van der Waals surface area contributed by atoms with Crippen molar-refractivity contribution in [2.45, 2.75) is 0 Å². The molecule has 2 nitrogen and oxygen atoms in total. The lowest BCUT2D eigenvalue weighted by atomic mass is 10.2. The van der Waals surface area contributed by atoms with E-state index in [1.807, 2.05) is 0 Å². The second-order valence-electron chi connectivity index (χ2n) is 3.56. The molecule has 106 valence electrons. The maximum absolute atomic E-state index is 13.3. The third-order valence-electron chi connectivity index (χ3n) is 2.24. The van der Waals surface area contributed by atoms with Crippen molar-refractivity contribution < 1.29 is 30.7 Å². The first-order valence-corrected chi connectivity index (χ1v) is 4.92. The highest BCUT2D eigenvalue weighted by atomic mass is 19.2. The van der Waals surface area contributed by atoms with E-state index in [4.69, 9.17) is 0 Å². The van der Waals surface area contributed by atoms with Crippen LogP contribution < -0.4 is 5.32 Å². The van der Waals surface area contributed by atoms with E-state index in [9.17, 15) is 30.7 Å². The average molecular weight is 296 g/mol. The van der Waals surface area contributed by atoms with E-state index in [0.29, 0.717) is 0 Å².